The third kappa shape index (κ3) is 4.15. The normalized spacial score (nSPS) is 13.3. The van der Waals surface area contributed by atoms with Gasteiger partial charge in [-0.25, -0.2) is 8.42 Å². The molecule has 7 heteroatoms. The van der Waals surface area contributed by atoms with E-state index in [2.05, 4.69) is 0 Å². The number of aliphatic carboxylic acids is 1. The molecule has 1 rings (SSSR count). The smallest absolute Gasteiger partial charge is 0.304 e. The lowest BCUT2D eigenvalue weighted by Gasteiger charge is -2.11. The van der Waals surface area contributed by atoms with E-state index in [9.17, 15) is 13.2 Å². The van der Waals surface area contributed by atoms with E-state index in [0.29, 0.717) is 15.6 Å². The van der Waals surface area contributed by atoms with E-state index >= 15 is 0 Å². The summed E-state index contributed by atoms with van der Waals surface area (Å²) in [6, 6.07) is 4.53. The fourth-order valence-corrected chi connectivity index (χ4v) is 3.20. The number of hydrogen-bond acceptors (Lipinski definition) is 3. The summed E-state index contributed by atoms with van der Waals surface area (Å²) in [5.74, 6) is -1.47. The number of carboxylic acid groups (broad SMARTS) is 1. The Balaban J connectivity index is 2.95. The summed E-state index contributed by atoms with van der Waals surface area (Å²) >= 11 is 11.6. The highest BCUT2D eigenvalue weighted by molar-refractivity contribution is 7.91. The fraction of sp³-hybridized carbons (Fsp3) is 0.364. The van der Waals surface area contributed by atoms with Gasteiger partial charge in [0.2, 0.25) is 0 Å². The molecule has 1 atom stereocenters. The van der Waals surface area contributed by atoms with Crippen LogP contribution in [0.25, 0.3) is 0 Å². The summed E-state index contributed by atoms with van der Waals surface area (Å²) in [5, 5.41) is 8.31. The van der Waals surface area contributed by atoms with Crippen molar-refractivity contribution >= 4 is 39.0 Å². The zero-order valence-electron chi connectivity index (χ0n) is 9.56. The van der Waals surface area contributed by atoms with E-state index in [0.717, 1.165) is 0 Å². The van der Waals surface area contributed by atoms with Gasteiger partial charge in [-0.2, -0.15) is 0 Å². The molecule has 0 fully saturated rings. The van der Waals surface area contributed by atoms with Gasteiger partial charge in [0, 0.05) is 10.0 Å². The summed E-state index contributed by atoms with van der Waals surface area (Å²) in [6.45, 7) is 1.36. The fourth-order valence-electron chi connectivity index (χ4n) is 1.39. The molecule has 0 aliphatic carbocycles. The van der Waals surface area contributed by atoms with E-state index < -0.39 is 27.5 Å². The molecular weight excluding hydrogens is 299 g/mol. The van der Waals surface area contributed by atoms with Crippen LogP contribution in [0.3, 0.4) is 0 Å². The molecule has 0 bridgehead atoms. The lowest BCUT2D eigenvalue weighted by atomic mass is 10.2. The van der Waals surface area contributed by atoms with Crippen LogP contribution in [-0.4, -0.2) is 24.7 Å². The number of carbonyl (C=O) groups is 1. The van der Waals surface area contributed by atoms with Crippen LogP contribution in [0.15, 0.2) is 18.2 Å². The Hall–Kier alpha value is -0.780. The van der Waals surface area contributed by atoms with Gasteiger partial charge in [-0.05, 0) is 30.7 Å². The van der Waals surface area contributed by atoms with Crippen molar-refractivity contribution < 1.29 is 18.3 Å². The molecule has 18 heavy (non-hydrogen) atoms. The van der Waals surface area contributed by atoms with Crippen LogP contribution in [-0.2, 0) is 20.4 Å². The van der Waals surface area contributed by atoms with Crippen molar-refractivity contribution in [2.45, 2.75) is 24.3 Å². The lowest BCUT2D eigenvalue weighted by molar-refractivity contribution is -0.136. The molecule has 0 saturated heterocycles. The van der Waals surface area contributed by atoms with Gasteiger partial charge in [0.15, 0.2) is 9.84 Å². The topological polar surface area (TPSA) is 71.4 Å². The Morgan fingerprint density at radius 3 is 2.56 bits per heavy atom. The number of halogens is 2. The second-order valence-corrected chi connectivity index (χ2v) is 7.21. The van der Waals surface area contributed by atoms with Gasteiger partial charge >= 0.3 is 5.97 Å². The Labute approximate surface area is 115 Å². The standard InChI is InChI=1S/C11H12Cl2O4S/c1-7(4-11(14)15)18(16,17)6-8-5-9(12)2-3-10(8)13/h2-3,5,7H,4,6H2,1H3,(H,14,15). The first kappa shape index (κ1) is 15.3. The Morgan fingerprint density at radius 2 is 2.00 bits per heavy atom. The molecule has 0 heterocycles. The Kier molecular flexibility index (Phi) is 5.01. The molecule has 0 aliphatic heterocycles. The molecular formula is C11H12Cl2O4S. The third-order valence-corrected chi connectivity index (χ3v) is 5.15. The highest BCUT2D eigenvalue weighted by Crippen LogP contribution is 2.24. The highest BCUT2D eigenvalue weighted by atomic mass is 35.5. The predicted molar refractivity (Wildman–Crippen MR) is 70.8 cm³/mol. The number of carboxylic acids is 1. The molecule has 0 aliphatic rings. The van der Waals surface area contributed by atoms with Crippen LogP contribution < -0.4 is 0 Å². The van der Waals surface area contributed by atoms with Gasteiger partial charge in [-0.15, -0.1) is 0 Å². The average molecular weight is 311 g/mol. The van der Waals surface area contributed by atoms with Gasteiger partial charge in [0.1, 0.15) is 0 Å². The van der Waals surface area contributed by atoms with E-state index in [1.165, 1.54) is 19.1 Å². The summed E-state index contributed by atoms with van der Waals surface area (Å²) in [5.41, 5.74) is 0.376. The minimum atomic E-state index is -3.57. The zero-order chi connectivity index (χ0) is 13.9. The number of benzene rings is 1. The maximum atomic E-state index is 11.9. The van der Waals surface area contributed by atoms with E-state index in [1.807, 2.05) is 0 Å². The van der Waals surface area contributed by atoms with Crippen molar-refractivity contribution in [3.63, 3.8) is 0 Å². The summed E-state index contributed by atoms with van der Waals surface area (Å²) < 4.78 is 23.9. The summed E-state index contributed by atoms with van der Waals surface area (Å²) in [7, 11) is -3.57. The van der Waals surface area contributed by atoms with Gasteiger partial charge in [0.25, 0.3) is 0 Å². The monoisotopic (exact) mass is 310 g/mol. The molecule has 0 radical (unpaired) electrons. The molecule has 0 spiro atoms. The van der Waals surface area contributed by atoms with E-state index in [4.69, 9.17) is 28.3 Å². The van der Waals surface area contributed by atoms with Crippen LogP contribution in [0.4, 0.5) is 0 Å². The molecule has 0 aromatic heterocycles. The van der Waals surface area contributed by atoms with Crippen molar-refractivity contribution in [1.29, 1.82) is 0 Å². The van der Waals surface area contributed by atoms with Gasteiger partial charge in [0.05, 0.1) is 17.4 Å². The van der Waals surface area contributed by atoms with Crippen LogP contribution in [0, 0.1) is 0 Å². The minimum Gasteiger partial charge on any atom is -0.481 e. The van der Waals surface area contributed by atoms with Crippen molar-refractivity contribution in [2.24, 2.45) is 0 Å². The van der Waals surface area contributed by atoms with E-state index in [1.54, 1.807) is 6.07 Å². The van der Waals surface area contributed by atoms with Gasteiger partial charge < -0.3 is 5.11 Å². The summed E-state index contributed by atoms with van der Waals surface area (Å²) in [4.78, 5) is 10.5. The Morgan fingerprint density at radius 1 is 1.39 bits per heavy atom. The Bertz CT molecular complexity index is 554. The lowest BCUT2D eigenvalue weighted by Crippen LogP contribution is -2.23. The molecule has 1 unspecified atom stereocenters. The first-order chi connectivity index (χ1) is 8.22. The molecule has 1 N–H and O–H groups in total. The largest absolute Gasteiger partial charge is 0.481 e. The van der Waals surface area contributed by atoms with Crippen LogP contribution in [0.5, 0.6) is 0 Å². The third-order valence-electron chi connectivity index (χ3n) is 2.44. The van der Waals surface area contributed by atoms with Crippen LogP contribution >= 0.6 is 23.2 Å². The number of rotatable bonds is 5. The molecule has 1 aromatic carbocycles. The summed E-state index contributed by atoms with van der Waals surface area (Å²) in [6.07, 6.45) is -0.430. The van der Waals surface area contributed by atoms with E-state index in [-0.39, 0.29) is 5.75 Å². The SMILES string of the molecule is CC(CC(=O)O)S(=O)(=O)Cc1cc(Cl)ccc1Cl. The molecule has 1 aromatic rings. The molecule has 4 nitrogen and oxygen atoms in total. The minimum absolute atomic E-state index is 0.297. The van der Waals surface area contributed by atoms with Crippen LogP contribution in [0.2, 0.25) is 10.0 Å². The van der Waals surface area contributed by atoms with Crippen molar-refractivity contribution in [3.05, 3.63) is 33.8 Å². The average Bonchev–Trinajstić information content (AvgIpc) is 2.22. The predicted octanol–water partition coefficient (Wildman–Crippen LogP) is 2.77. The quantitative estimate of drug-likeness (QED) is 0.907. The molecule has 0 amide bonds. The molecule has 100 valence electrons. The maximum Gasteiger partial charge on any atom is 0.304 e. The number of hydrogen-bond donors (Lipinski definition) is 1. The van der Waals surface area contributed by atoms with Crippen molar-refractivity contribution in [2.75, 3.05) is 0 Å². The first-order valence-corrected chi connectivity index (χ1v) is 7.57. The van der Waals surface area contributed by atoms with Crippen LogP contribution in [0.1, 0.15) is 18.9 Å². The van der Waals surface area contributed by atoms with Crippen molar-refractivity contribution in [3.8, 4) is 0 Å². The first-order valence-electron chi connectivity index (χ1n) is 5.09. The highest BCUT2D eigenvalue weighted by Gasteiger charge is 2.24. The zero-order valence-corrected chi connectivity index (χ0v) is 11.9. The van der Waals surface area contributed by atoms with Crippen molar-refractivity contribution in [1.82, 2.24) is 0 Å². The van der Waals surface area contributed by atoms with Gasteiger partial charge in [-0.1, -0.05) is 23.2 Å². The molecule has 0 saturated carbocycles. The number of sulfone groups is 1. The second-order valence-electron chi connectivity index (χ2n) is 3.95. The van der Waals surface area contributed by atoms with Gasteiger partial charge in [-0.3, -0.25) is 4.79 Å². The second kappa shape index (κ2) is 5.91. The maximum absolute atomic E-state index is 11.9.